The van der Waals surface area contributed by atoms with Crippen molar-refractivity contribution in [2.45, 2.75) is 44.7 Å². The highest BCUT2D eigenvalue weighted by Crippen LogP contribution is 2.17. The van der Waals surface area contributed by atoms with Gasteiger partial charge >= 0.3 is 0 Å². The molecular formula is C11H22N4O2S. The van der Waals surface area contributed by atoms with Crippen LogP contribution in [-0.4, -0.2) is 46.5 Å². The molecule has 0 spiro atoms. The molecule has 104 valence electrons. The highest BCUT2D eigenvalue weighted by Gasteiger charge is 2.12. The lowest BCUT2D eigenvalue weighted by atomic mass is 10.1. The molecule has 0 bridgehead atoms. The topological polar surface area (TPSA) is 62.1 Å². The second kappa shape index (κ2) is 8.44. The smallest absolute Gasteiger partial charge is 0.209 e. The number of tetrazole rings is 1. The van der Waals surface area contributed by atoms with Crippen LogP contribution in [-0.2, 0) is 16.0 Å². The number of rotatable bonds is 9. The Morgan fingerprint density at radius 2 is 2.00 bits per heavy atom. The van der Waals surface area contributed by atoms with Crippen molar-refractivity contribution in [3.05, 3.63) is 0 Å². The van der Waals surface area contributed by atoms with Gasteiger partial charge in [-0.3, -0.25) is 0 Å². The summed E-state index contributed by atoms with van der Waals surface area (Å²) in [5, 5.41) is 12.5. The molecule has 0 aliphatic rings. The molecule has 18 heavy (non-hydrogen) atoms. The Bertz CT molecular complexity index is 329. The Balaban J connectivity index is 2.39. The molecule has 0 aromatic carbocycles. The Labute approximate surface area is 112 Å². The number of methoxy groups -OCH3 is 2. The average Bonchev–Trinajstić information content (AvgIpc) is 2.78. The number of thioether (sulfide) groups is 1. The molecule has 0 atom stereocenters. The summed E-state index contributed by atoms with van der Waals surface area (Å²) in [6.45, 7) is 4.97. The molecule has 1 heterocycles. The van der Waals surface area contributed by atoms with E-state index in [1.807, 2.05) is 0 Å². The molecule has 0 saturated heterocycles. The van der Waals surface area contributed by atoms with Gasteiger partial charge in [-0.2, -0.15) is 0 Å². The van der Waals surface area contributed by atoms with Crippen LogP contribution < -0.4 is 0 Å². The molecule has 0 saturated carbocycles. The zero-order chi connectivity index (χ0) is 13.4. The van der Waals surface area contributed by atoms with Crippen molar-refractivity contribution in [2.75, 3.05) is 20.0 Å². The molecule has 6 nitrogen and oxygen atoms in total. The second-order valence-corrected chi connectivity index (χ2v) is 5.49. The quantitative estimate of drug-likeness (QED) is 0.389. The first kappa shape index (κ1) is 15.4. The van der Waals surface area contributed by atoms with E-state index in [0.717, 1.165) is 16.8 Å². The molecule has 0 radical (unpaired) electrons. The highest BCUT2D eigenvalue weighted by molar-refractivity contribution is 7.99. The number of hydrogen-bond donors (Lipinski definition) is 0. The van der Waals surface area contributed by atoms with Crippen LogP contribution in [0.5, 0.6) is 0 Å². The van der Waals surface area contributed by atoms with Crippen molar-refractivity contribution in [3.8, 4) is 0 Å². The number of hydrogen-bond acceptors (Lipinski definition) is 6. The molecule has 7 heteroatoms. The Morgan fingerprint density at radius 1 is 1.28 bits per heavy atom. The van der Waals surface area contributed by atoms with E-state index >= 15 is 0 Å². The average molecular weight is 274 g/mol. The minimum absolute atomic E-state index is 0.316. The van der Waals surface area contributed by atoms with Crippen LogP contribution >= 0.6 is 11.8 Å². The molecule has 1 aromatic heterocycles. The van der Waals surface area contributed by atoms with Gasteiger partial charge in [0.05, 0.1) is 6.54 Å². The largest absolute Gasteiger partial charge is 0.354 e. The van der Waals surface area contributed by atoms with E-state index in [1.165, 1.54) is 12.8 Å². The SMILES string of the molecule is COC(Cn1nnnc1SCCCC(C)C)OC. The zero-order valence-corrected chi connectivity index (χ0v) is 12.3. The molecule has 1 rings (SSSR count). The molecule has 0 aliphatic carbocycles. The molecule has 0 unspecified atom stereocenters. The minimum atomic E-state index is -0.316. The van der Waals surface area contributed by atoms with Crippen LogP contribution in [0.1, 0.15) is 26.7 Å². The third-order valence-electron chi connectivity index (χ3n) is 2.50. The Morgan fingerprint density at radius 3 is 2.61 bits per heavy atom. The number of nitrogens with zero attached hydrogens (tertiary/aromatic N) is 4. The maximum absolute atomic E-state index is 5.14. The van der Waals surface area contributed by atoms with Crippen molar-refractivity contribution < 1.29 is 9.47 Å². The van der Waals surface area contributed by atoms with Gasteiger partial charge in [-0.05, 0) is 22.8 Å². The number of ether oxygens (including phenoxy) is 2. The van der Waals surface area contributed by atoms with Crippen molar-refractivity contribution in [2.24, 2.45) is 5.92 Å². The lowest BCUT2D eigenvalue weighted by Crippen LogP contribution is -2.21. The van der Waals surface area contributed by atoms with Gasteiger partial charge in [0.25, 0.3) is 0 Å². The summed E-state index contributed by atoms with van der Waals surface area (Å²) in [4.78, 5) is 0. The number of aromatic nitrogens is 4. The van der Waals surface area contributed by atoms with Crippen LogP contribution in [0.4, 0.5) is 0 Å². The second-order valence-electron chi connectivity index (χ2n) is 4.43. The van der Waals surface area contributed by atoms with Gasteiger partial charge in [-0.1, -0.05) is 32.0 Å². The Hall–Kier alpha value is -0.660. The molecule has 0 fully saturated rings. The minimum Gasteiger partial charge on any atom is -0.354 e. The molecule has 0 N–H and O–H groups in total. The normalized spacial score (nSPS) is 11.7. The van der Waals surface area contributed by atoms with Crippen LogP contribution in [0.15, 0.2) is 5.16 Å². The van der Waals surface area contributed by atoms with E-state index in [2.05, 4.69) is 29.4 Å². The van der Waals surface area contributed by atoms with Gasteiger partial charge in [-0.15, -0.1) is 5.10 Å². The van der Waals surface area contributed by atoms with Crippen molar-refractivity contribution in [1.82, 2.24) is 20.2 Å². The van der Waals surface area contributed by atoms with Crippen LogP contribution in [0.3, 0.4) is 0 Å². The third-order valence-corrected chi connectivity index (χ3v) is 3.55. The van der Waals surface area contributed by atoms with Gasteiger partial charge in [0.1, 0.15) is 0 Å². The van der Waals surface area contributed by atoms with Gasteiger partial charge < -0.3 is 9.47 Å². The lowest BCUT2D eigenvalue weighted by Gasteiger charge is -2.13. The molecule has 0 amide bonds. The lowest BCUT2D eigenvalue weighted by molar-refractivity contribution is -0.113. The van der Waals surface area contributed by atoms with Gasteiger partial charge in [0.15, 0.2) is 6.29 Å². The monoisotopic (exact) mass is 274 g/mol. The summed E-state index contributed by atoms with van der Waals surface area (Å²) in [6, 6.07) is 0. The van der Waals surface area contributed by atoms with Crippen LogP contribution in [0.2, 0.25) is 0 Å². The fraction of sp³-hybridized carbons (Fsp3) is 0.909. The van der Waals surface area contributed by atoms with Crippen molar-refractivity contribution in [1.29, 1.82) is 0 Å². The fourth-order valence-corrected chi connectivity index (χ4v) is 2.30. The van der Waals surface area contributed by atoms with Crippen LogP contribution in [0, 0.1) is 5.92 Å². The van der Waals surface area contributed by atoms with Crippen molar-refractivity contribution in [3.63, 3.8) is 0 Å². The molecular weight excluding hydrogens is 252 g/mol. The summed E-state index contributed by atoms with van der Waals surface area (Å²) in [7, 11) is 3.21. The summed E-state index contributed by atoms with van der Waals surface area (Å²) in [5.41, 5.74) is 0. The predicted molar refractivity (Wildman–Crippen MR) is 70.4 cm³/mol. The summed E-state index contributed by atoms with van der Waals surface area (Å²) < 4.78 is 12.0. The molecule has 1 aromatic rings. The maximum atomic E-state index is 5.14. The van der Waals surface area contributed by atoms with Gasteiger partial charge in [-0.25, -0.2) is 4.68 Å². The summed E-state index contributed by atoms with van der Waals surface area (Å²) in [6.07, 6.45) is 2.09. The first-order chi connectivity index (χ1) is 8.67. The van der Waals surface area contributed by atoms with E-state index < -0.39 is 0 Å². The van der Waals surface area contributed by atoms with E-state index in [4.69, 9.17) is 9.47 Å². The van der Waals surface area contributed by atoms with Crippen LogP contribution in [0.25, 0.3) is 0 Å². The zero-order valence-electron chi connectivity index (χ0n) is 11.5. The maximum Gasteiger partial charge on any atom is 0.209 e. The Kier molecular flexibility index (Phi) is 7.22. The third kappa shape index (κ3) is 5.32. The predicted octanol–water partition coefficient (Wildman–Crippen LogP) is 1.82. The van der Waals surface area contributed by atoms with E-state index in [-0.39, 0.29) is 6.29 Å². The van der Waals surface area contributed by atoms with Gasteiger partial charge in [0.2, 0.25) is 5.16 Å². The standard InChI is InChI=1S/C11H22N4O2S/c1-9(2)6-5-7-18-11-12-13-14-15(11)8-10(16-3)17-4/h9-10H,5-8H2,1-4H3. The summed E-state index contributed by atoms with van der Waals surface area (Å²) in [5.74, 6) is 1.77. The van der Waals surface area contributed by atoms with E-state index in [9.17, 15) is 0 Å². The van der Waals surface area contributed by atoms with Crippen molar-refractivity contribution >= 4 is 11.8 Å². The first-order valence-corrected chi connectivity index (χ1v) is 7.10. The van der Waals surface area contributed by atoms with E-state index in [0.29, 0.717) is 6.54 Å². The summed E-state index contributed by atoms with van der Waals surface area (Å²) >= 11 is 1.67. The first-order valence-electron chi connectivity index (χ1n) is 6.12. The fourth-order valence-electron chi connectivity index (χ4n) is 1.46. The van der Waals surface area contributed by atoms with E-state index in [1.54, 1.807) is 30.7 Å². The molecule has 0 aliphatic heterocycles. The van der Waals surface area contributed by atoms with Gasteiger partial charge in [0, 0.05) is 20.0 Å². The highest BCUT2D eigenvalue weighted by atomic mass is 32.2.